The van der Waals surface area contributed by atoms with Crippen molar-refractivity contribution < 1.29 is 4.79 Å². The molecule has 2 aliphatic carbocycles. The Bertz CT molecular complexity index is 450. The summed E-state index contributed by atoms with van der Waals surface area (Å²) in [6.45, 7) is 0. The van der Waals surface area contributed by atoms with Gasteiger partial charge in [-0.2, -0.15) is 0 Å². The number of carbonyl (C=O) groups is 1. The average Bonchev–Trinajstić information content (AvgIpc) is 2.62. The summed E-state index contributed by atoms with van der Waals surface area (Å²) in [5.41, 5.74) is 0. The molecule has 0 radical (unpaired) electrons. The summed E-state index contributed by atoms with van der Waals surface area (Å²) in [4.78, 5) is 13.3. The quantitative estimate of drug-likeness (QED) is 0.469. The van der Waals surface area contributed by atoms with Crippen molar-refractivity contribution in [1.82, 2.24) is 0 Å². The van der Waals surface area contributed by atoms with Crippen LogP contribution in [-0.4, -0.2) is 5.78 Å². The molecular weight excluding hydrogens is 316 g/mol. The minimum atomic E-state index is 0.268. The number of Topliss-reactive ketones (excluding diaryl/α,β-unsaturated/α-hetero) is 1. The minimum Gasteiger partial charge on any atom is -0.299 e. The first-order chi connectivity index (χ1) is 12.9. The molecule has 0 N–H and O–H groups in total. The van der Waals surface area contributed by atoms with E-state index in [2.05, 4.69) is 48.6 Å². The minimum absolute atomic E-state index is 0.268. The molecular formula is C25H38O. The molecule has 2 atom stereocenters. The normalized spacial score (nSPS) is 31.8. The van der Waals surface area contributed by atoms with Crippen LogP contribution < -0.4 is 0 Å². The Morgan fingerprint density at radius 2 is 0.808 bits per heavy atom. The predicted octanol–water partition coefficient (Wildman–Crippen LogP) is 7.50. The van der Waals surface area contributed by atoms with Gasteiger partial charge in [0.1, 0.15) is 5.78 Å². The first kappa shape index (κ1) is 20.9. The molecule has 26 heavy (non-hydrogen) atoms. The topological polar surface area (TPSA) is 17.1 Å². The lowest BCUT2D eigenvalue weighted by Crippen LogP contribution is -2.24. The number of hydrogen-bond acceptors (Lipinski definition) is 1. The van der Waals surface area contributed by atoms with Gasteiger partial charge in [0.25, 0.3) is 0 Å². The fourth-order valence-corrected chi connectivity index (χ4v) is 4.08. The largest absolute Gasteiger partial charge is 0.299 e. The Morgan fingerprint density at radius 1 is 0.462 bits per heavy atom. The van der Waals surface area contributed by atoms with Crippen molar-refractivity contribution in [2.75, 3.05) is 0 Å². The monoisotopic (exact) mass is 354 g/mol. The number of carbonyl (C=O) groups excluding carboxylic acids is 1. The van der Waals surface area contributed by atoms with Gasteiger partial charge in [0, 0.05) is 11.8 Å². The van der Waals surface area contributed by atoms with Crippen molar-refractivity contribution >= 4 is 5.78 Å². The molecule has 2 rings (SSSR count). The highest BCUT2D eigenvalue weighted by Crippen LogP contribution is 2.27. The van der Waals surface area contributed by atoms with Gasteiger partial charge in [-0.1, -0.05) is 48.6 Å². The third kappa shape index (κ3) is 8.83. The first-order valence-electron chi connectivity index (χ1n) is 11.0. The van der Waals surface area contributed by atoms with Gasteiger partial charge in [-0.15, -0.1) is 0 Å². The number of ketones is 1. The first-order valence-corrected chi connectivity index (χ1v) is 11.0. The average molecular weight is 355 g/mol. The van der Waals surface area contributed by atoms with E-state index in [4.69, 9.17) is 0 Å². The van der Waals surface area contributed by atoms with Gasteiger partial charge in [0.2, 0.25) is 0 Å². The number of hydrogen-bond donors (Lipinski definition) is 0. The second-order valence-corrected chi connectivity index (χ2v) is 7.85. The maximum absolute atomic E-state index is 13.3. The molecule has 0 aliphatic heterocycles. The number of rotatable bonds is 2. The summed E-state index contributed by atoms with van der Waals surface area (Å²) in [5.74, 6) is 1.10. The predicted molar refractivity (Wildman–Crippen MR) is 113 cm³/mol. The molecule has 0 heterocycles. The van der Waals surface area contributed by atoms with Gasteiger partial charge in [-0.25, -0.2) is 0 Å². The van der Waals surface area contributed by atoms with Crippen LogP contribution in [0.2, 0.25) is 0 Å². The Hall–Kier alpha value is -1.37. The van der Waals surface area contributed by atoms with Crippen LogP contribution in [0.15, 0.2) is 48.6 Å². The van der Waals surface area contributed by atoms with E-state index in [0.717, 1.165) is 89.9 Å². The van der Waals surface area contributed by atoms with Crippen molar-refractivity contribution in [2.45, 2.75) is 89.9 Å². The van der Waals surface area contributed by atoms with Crippen LogP contribution in [0.4, 0.5) is 0 Å². The smallest absolute Gasteiger partial charge is 0.139 e. The molecule has 0 fully saturated rings. The zero-order valence-corrected chi connectivity index (χ0v) is 16.6. The van der Waals surface area contributed by atoms with Crippen molar-refractivity contribution in [1.29, 1.82) is 0 Å². The lowest BCUT2D eigenvalue weighted by atomic mass is 9.81. The van der Waals surface area contributed by atoms with Gasteiger partial charge in [0.05, 0.1) is 0 Å². The fraction of sp³-hybridized carbons (Fsp3) is 0.640. The molecule has 0 aromatic rings. The third-order valence-electron chi connectivity index (χ3n) is 5.68. The summed E-state index contributed by atoms with van der Waals surface area (Å²) in [7, 11) is 0. The lowest BCUT2D eigenvalue weighted by Gasteiger charge is -2.22. The molecule has 0 spiro atoms. The molecule has 1 heteroatoms. The zero-order chi connectivity index (χ0) is 18.3. The standard InChI is InChI=1S/C25H38O/c26-25(23-19-15-11-7-3-1-4-8-12-16-20-23)24-21-17-13-9-5-2-6-10-14-18-22-24/h3,5,7-10,12,14,23-24H,1-2,4,6,11,13,15-22H2/b7-3-,9-5-,12-8-,14-10-. The number of allylic oxidation sites excluding steroid dienone is 8. The van der Waals surface area contributed by atoms with Gasteiger partial charge in [-0.3, -0.25) is 4.79 Å². The summed E-state index contributed by atoms with van der Waals surface area (Å²) in [6, 6.07) is 0. The second-order valence-electron chi connectivity index (χ2n) is 7.85. The van der Waals surface area contributed by atoms with E-state index in [1.165, 1.54) is 0 Å². The van der Waals surface area contributed by atoms with Crippen LogP contribution in [0.5, 0.6) is 0 Å². The van der Waals surface area contributed by atoms with E-state index in [-0.39, 0.29) is 11.8 Å². The van der Waals surface area contributed by atoms with Gasteiger partial charge in [-0.05, 0) is 89.9 Å². The SMILES string of the molecule is O=C(C1CC/C=C\CC/C=C\CCC1)C1CC/C=C\CC/C=C\CCC1. The van der Waals surface area contributed by atoms with Crippen molar-refractivity contribution in [3.63, 3.8) is 0 Å². The second kappa shape index (κ2) is 13.8. The van der Waals surface area contributed by atoms with E-state index in [1.807, 2.05) is 0 Å². The van der Waals surface area contributed by atoms with E-state index in [9.17, 15) is 4.79 Å². The molecule has 0 saturated carbocycles. The molecule has 144 valence electrons. The summed E-state index contributed by atoms with van der Waals surface area (Å²) < 4.78 is 0. The van der Waals surface area contributed by atoms with Crippen LogP contribution in [0.25, 0.3) is 0 Å². The zero-order valence-electron chi connectivity index (χ0n) is 16.6. The fourth-order valence-electron chi connectivity index (χ4n) is 4.08. The van der Waals surface area contributed by atoms with Gasteiger partial charge < -0.3 is 0 Å². The van der Waals surface area contributed by atoms with Crippen molar-refractivity contribution in [3.8, 4) is 0 Å². The lowest BCUT2D eigenvalue weighted by molar-refractivity contribution is -0.127. The van der Waals surface area contributed by atoms with E-state index in [0.29, 0.717) is 5.78 Å². The maximum atomic E-state index is 13.3. The molecule has 2 unspecified atom stereocenters. The van der Waals surface area contributed by atoms with Crippen LogP contribution in [0, 0.1) is 11.8 Å². The summed E-state index contributed by atoms with van der Waals surface area (Å²) >= 11 is 0. The van der Waals surface area contributed by atoms with Crippen LogP contribution >= 0.6 is 0 Å². The molecule has 0 saturated heterocycles. The van der Waals surface area contributed by atoms with Crippen LogP contribution in [-0.2, 0) is 4.79 Å². The highest BCUT2D eigenvalue weighted by atomic mass is 16.1. The molecule has 0 amide bonds. The Kier molecular flexibility index (Phi) is 11.1. The highest BCUT2D eigenvalue weighted by molar-refractivity contribution is 5.83. The molecule has 0 bridgehead atoms. The van der Waals surface area contributed by atoms with E-state index >= 15 is 0 Å². The summed E-state index contributed by atoms with van der Waals surface area (Å²) in [6.07, 6.45) is 33.9. The van der Waals surface area contributed by atoms with Crippen LogP contribution in [0.3, 0.4) is 0 Å². The Labute approximate surface area is 161 Å². The summed E-state index contributed by atoms with van der Waals surface area (Å²) in [5, 5.41) is 0. The van der Waals surface area contributed by atoms with Crippen molar-refractivity contribution in [2.24, 2.45) is 11.8 Å². The third-order valence-corrected chi connectivity index (χ3v) is 5.68. The molecule has 0 aromatic heterocycles. The Morgan fingerprint density at radius 3 is 1.23 bits per heavy atom. The van der Waals surface area contributed by atoms with Crippen LogP contribution in [0.1, 0.15) is 89.9 Å². The highest BCUT2D eigenvalue weighted by Gasteiger charge is 2.25. The maximum Gasteiger partial charge on any atom is 0.139 e. The van der Waals surface area contributed by atoms with E-state index in [1.54, 1.807) is 0 Å². The van der Waals surface area contributed by atoms with Gasteiger partial charge >= 0.3 is 0 Å². The molecule has 0 aromatic carbocycles. The van der Waals surface area contributed by atoms with Crippen molar-refractivity contribution in [3.05, 3.63) is 48.6 Å². The molecule has 1 nitrogen and oxygen atoms in total. The Balaban J connectivity index is 1.95. The van der Waals surface area contributed by atoms with Gasteiger partial charge in [0.15, 0.2) is 0 Å². The van der Waals surface area contributed by atoms with E-state index < -0.39 is 0 Å². The molecule has 2 aliphatic rings.